The lowest BCUT2D eigenvalue weighted by atomic mass is 9.96. The van der Waals surface area contributed by atoms with E-state index in [0.29, 0.717) is 4.99 Å². The fraction of sp³-hybridized carbons (Fsp3) is 0.684. The van der Waals surface area contributed by atoms with E-state index >= 15 is 0 Å². The highest BCUT2D eigenvalue weighted by Gasteiger charge is 2.57. The molecule has 2 rings (SSSR count). The zero-order chi connectivity index (χ0) is 24.4. The second-order valence-electron chi connectivity index (χ2n) is 7.82. The molecule has 0 radical (unpaired) electrons. The second-order valence-corrected chi connectivity index (χ2v) is 8.59. The molecule has 0 bridgehead atoms. The number of ether oxygens (including phenoxy) is 5. The van der Waals surface area contributed by atoms with Crippen LogP contribution in [0.2, 0.25) is 0 Å². The molecule has 0 aromatic heterocycles. The highest BCUT2D eigenvalue weighted by Crippen LogP contribution is 2.34. The van der Waals surface area contributed by atoms with Crippen molar-refractivity contribution in [2.75, 3.05) is 6.61 Å². The predicted octanol–water partition coefficient (Wildman–Crippen LogP) is 0.366. The largest absolute Gasteiger partial charge is 0.463 e. The second kappa shape index (κ2) is 10.0. The lowest BCUT2D eigenvalue weighted by molar-refractivity contribution is -0.265. The van der Waals surface area contributed by atoms with E-state index in [1.807, 2.05) is 0 Å². The van der Waals surface area contributed by atoms with Crippen LogP contribution in [-0.2, 0) is 42.9 Å². The van der Waals surface area contributed by atoms with Crippen molar-refractivity contribution >= 4 is 58.4 Å². The van der Waals surface area contributed by atoms with Gasteiger partial charge >= 0.3 is 23.9 Å². The number of carbonyl (C=O) groups is 4. The number of hydrogen-bond acceptors (Lipinski definition) is 11. The van der Waals surface area contributed by atoms with Crippen LogP contribution in [0.4, 0.5) is 0 Å². The van der Waals surface area contributed by atoms with Gasteiger partial charge in [-0.15, -0.1) is 0 Å². The monoisotopic (exact) mass is 490 g/mol. The summed E-state index contributed by atoms with van der Waals surface area (Å²) >= 11 is 11.0. The molecule has 2 fully saturated rings. The molecule has 178 valence electrons. The Morgan fingerprint density at radius 2 is 1.41 bits per heavy atom. The Bertz CT molecular complexity index is 832. The lowest BCUT2D eigenvalue weighted by Crippen LogP contribution is -2.67. The highest BCUT2D eigenvalue weighted by molar-refractivity contribution is 7.82. The molecule has 11 nitrogen and oxygen atoms in total. The van der Waals surface area contributed by atoms with Gasteiger partial charge in [0.1, 0.15) is 17.7 Å². The number of nitrogens with one attached hydrogen (secondary N) is 1. The Balaban J connectivity index is 2.56. The fourth-order valence-corrected chi connectivity index (χ4v) is 4.17. The first-order valence-corrected chi connectivity index (χ1v) is 10.5. The zero-order valence-corrected chi connectivity index (χ0v) is 20.2. The first-order valence-electron chi connectivity index (χ1n) is 9.71. The van der Waals surface area contributed by atoms with Crippen molar-refractivity contribution in [3.8, 4) is 0 Å². The summed E-state index contributed by atoms with van der Waals surface area (Å²) in [4.78, 5) is 48.8. The maximum Gasteiger partial charge on any atom is 0.303 e. The summed E-state index contributed by atoms with van der Waals surface area (Å²) in [5.74, 6) is -2.74. The van der Waals surface area contributed by atoms with Crippen LogP contribution in [0.5, 0.6) is 0 Å². The highest BCUT2D eigenvalue weighted by atomic mass is 32.1. The van der Waals surface area contributed by atoms with Crippen LogP contribution < -0.4 is 5.32 Å². The first-order chi connectivity index (χ1) is 14.7. The van der Waals surface area contributed by atoms with Gasteiger partial charge in [0, 0.05) is 27.7 Å². The van der Waals surface area contributed by atoms with Crippen molar-refractivity contribution in [2.45, 2.75) is 77.7 Å². The standard InChI is InChI=1S/C19H26N2O9S2/c1-8(22)26-7-12-13(27-9(2)23)14(28-10(3)24)15(29-11(4)25)16(30-12)21-17(31)19(5,6)20-18(21)32/h12-16H,7H2,1-6H3,(H,20,32)/t12-,13-,14+,15-,16-/m1/s1. The van der Waals surface area contributed by atoms with Gasteiger partial charge in [0.2, 0.25) is 0 Å². The normalized spacial score (nSPS) is 29.1. The predicted molar refractivity (Wildman–Crippen MR) is 116 cm³/mol. The molecule has 5 atom stereocenters. The Hall–Kier alpha value is -2.38. The first kappa shape index (κ1) is 25.9. The van der Waals surface area contributed by atoms with E-state index in [1.54, 1.807) is 13.8 Å². The molecule has 13 heteroatoms. The quantitative estimate of drug-likeness (QED) is 0.313. The van der Waals surface area contributed by atoms with E-state index < -0.39 is 60.1 Å². The van der Waals surface area contributed by atoms with Crippen molar-refractivity contribution in [3.63, 3.8) is 0 Å². The van der Waals surface area contributed by atoms with Gasteiger partial charge in [0.05, 0.1) is 5.54 Å². The van der Waals surface area contributed by atoms with Crippen molar-refractivity contribution in [2.24, 2.45) is 0 Å². The van der Waals surface area contributed by atoms with Gasteiger partial charge < -0.3 is 29.0 Å². The molecule has 0 saturated carbocycles. The van der Waals surface area contributed by atoms with E-state index in [-0.39, 0.29) is 11.7 Å². The molecule has 0 aliphatic carbocycles. The number of hydrogen-bond donors (Lipinski definition) is 1. The summed E-state index contributed by atoms with van der Waals surface area (Å²) in [5.41, 5.74) is -0.717. The van der Waals surface area contributed by atoms with E-state index in [2.05, 4.69) is 5.32 Å². The van der Waals surface area contributed by atoms with Crippen LogP contribution in [0, 0.1) is 0 Å². The van der Waals surface area contributed by atoms with Gasteiger partial charge in [0.25, 0.3) is 0 Å². The molecule has 2 aliphatic rings. The number of nitrogens with zero attached hydrogens (tertiary/aromatic N) is 1. The van der Waals surface area contributed by atoms with Crippen LogP contribution in [0.3, 0.4) is 0 Å². The van der Waals surface area contributed by atoms with Gasteiger partial charge in [-0.05, 0) is 26.1 Å². The number of thiocarbonyl (C=S) groups is 2. The molecule has 2 heterocycles. The SMILES string of the molecule is CC(=O)OC[C@H]1O[C@@H](N2C(=S)NC(C)(C)C2=S)[C@H](OC(C)=O)[C@@H](OC(C)=O)[C@@H]1OC(C)=O. The zero-order valence-electron chi connectivity index (χ0n) is 18.5. The Labute approximate surface area is 196 Å². The smallest absolute Gasteiger partial charge is 0.303 e. The average molecular weight is 491 g/mol. The Kier molecular flexibility index (Phi) is 8.12. The summed E-state index contributed by atoms with van der Waals surface area (Å²) in [6, 6.07) is 0. The van der Waals surface area contributed by atoms with Crippen LogP contribution in [0.15, 0.2) is 0 Å². The van der Waals surface area contributed by atoms with Gasteiger partial charge in [-0.3, -0.25) is 24.1 Å². The maximum atomic E-state index is 11.9. The van der Waals surface area contributed by atoms with Gasteiger partial charge in [-0.25, -0.2) is 0 Å². The van der Waals surface area contributed by atoms with E-state index in [4.69, 9.17) is 48.1 Å². The molecule has 1 N–H and O–H groups in total. The molecule has 32 heavy (non-hydrogen) atoms. The van der Waals surface area contributed by atoms with Crippen LogP contribution in [0.25, 0.3) is 0 Å². The lowest BCUT2D eigenvalue weighted by Gasteiger charge is -2.47. The molecule has 2 saturated heterocycles. The van der Waals surface area contributed by atoms with E-state index in [1.165, 1.54) is 11.8 Å². The number of esters is 4. The molecule has 0 aromatic rings. The van der Waals surface area contributed by atoms with E-state index in [9.17, 15) is 19.2 Å². The van der Waals surface area contributed by atoms with Crippen molar-refractivity contribution in [1.82, 2.24) is 10.2 Å². The summed E-state index contributed by atoms with van der Waals surface area (Å²) in [7, 11) is 0. The molecule has 0 unspecified atom stereocenters. The van der Waals surface area contributed by atoms with Gasteiger partial charge in [-0.2, -0.15) is 0 Å². The number of rotatable bonds is 6. The summed E-state index contributed by atoms with van der Waals surface area (Å²) in [6.45, 7) is 7.92. The topological polar surface area (TPSA) is 130 Å². The molecular weight excluding hydrogens is 464 g/mol. The summed E-state index contributed by atoms with van der Waals surface area (Å²) in [5, 5.41) is 3.24. The molecule has 2 aliphatic heterocycles. The van der Waals surface area contributed by atoms with Crippen molar-refractivity contribution in [1.29, 1.82) is 0 Å². The van der Waals surface area contributed by atoms with Crippen LogP contribution in [0.1, 0.15) is 41.5 Å². The van der Waals surface area contributed by atoms with Crippen LogP contribution >= 0.6 is 24.4 Å². The molecule has 0 amide bonds. The van der Waals surface area contributed by atoms with Gasteiger partial charge in [0.15, 0.2) is 29.7 Å². The van der Waals surface area contributed by atoms with E-state index in [0.717, 1.165) is 20.8 Å². The molecule has 0 aromatic carbocycles. The maximum absolute atomic E-state index is 11.9. The molecular formula is C19H26N2O9S2. The summed E-state index contributed by atoms with van der Waals surface area (Å²) < 4.78 is 27.4. The minimum Gasteiger partial charge on any atom is -0.463 e. The van der Waals surface area contributed by atoms with Gasteiger partial charge in [-0.1, -0.05) is 12.2 Å². The third-order valence-electron chi connectivity index (χ3n) is 4.61. The summed E-state index contributed by atoms with van der Waals surface area (Å²) in [6.07, 6.45) is -6.07. The van der Waals surface area contributed by atoms with Crippen molar-refractivity contribution < 1.29 is 42.9 Å². The fourth-order valence-electron chi connectivity index (χ4n) is 3.42. The average Bonchev–Trinajstić information content (AvgIpc) is 2.83. The Morgan fingerprint density at radius 3 is 1.84 bits per heavy atom. The molecule has 0 spiro atoms. The third-order valence-corrected chi connectivity index (χ3v) is 5.62. The minimum absolute atomic E-state index is 0.195. The van der Waals surface area contributed by atoms with Crippen LogP contribution in [-0.4, -0.2) is 81.7 Å². The van der Waals surface area contributed by atoms with Crippen molar-refractivity contribution in [3.05, 3.63) is 0 Å². The third kappa shape index (κ3) is 5.90. The minimum atomic E-state index is -1.30. The Morgan fingerprint density at radius 1 is 0.906 bits per heavy atom. The number of carbonyl (C=O) groups excluding carboxylic acids is 4.